The molecular weight excluding hydrogens is 234 g/mol. The summed E-state index contributed by atoms with van der Waals surface area (Å²) in [7, 11) is 0. The highest BCUT2D eigenvalue weighted by atomic mass is 32.1. The van der Waals surface area contributed by atoms with Crippen molar-refractivity contribution in [1.82, 2.24) is 9.38 Å². The molecule has 1 fully saturated rings. The number of hydrogen-bond acceptors (Lipinski definition) is 4. The Bertz CT molecular complexity index is 515. The number of hydrogen-bond donors (Lipinski definition) is 1. The van der Waals surface area contributed by atoms with Gasteiger partial charge in [0.1, 0.15) is 0 Å². The third-order valence-corrected chi connectivity index (χ3v) is 4.10. The van der Waals surface area contributed by atoms with Crippen LogP contribution < -0.4 is 4.90 Å². The molecule has 17 heavy (non-hydrogen) atoms. The molecule has 0 aromatic carbocycles. The molecule has 3 rings (SSSR count). The van der Waals surface area contributed by atoms with Gasteiger partial charge in [-0.15, -0.1) is 11.3 Å². The van der Waals surface area contributed by atoms with Crippen molar-refractivity contribution < 1.29 is 5.11 Å². The molecule has 0 atom stereocenters. The lowest BCUT2D eigenvalue weighted by Gasteiger charge is -2.21. The zero-order valence-electron chi connectivity index (χ0n) is 9.96. The summed E-state index contributed by atoms with van der Waals surface area (Å²) >= 11 is 1.61. The van der Waals surface area contributed by atoms with Crippen molar-refractivity contribution in [2.75, 3.05) is 18.0 Å². The Labute approximate surface area is 105 Å². The van der Waals surface area contributed by atoms with Gasteiger partial charge < -0.3 is 10.0 Å². The lowest BCUT2D eigenvalue weighted by Crippen LogP contribution is -2.26. The highest BCUT2D eigenvalue weighted by Gasteiger charge is 2.26. The van der Waals surface area contributed by atoms with Gasteiger partial charge >= 0.3 is 0 Å². The van der Waals surface area contributed by atoms with Crippen LogP contribution in [-0.4, -0.2) is 27.6 Å². The fraction of sp³-hybridized carbons (Fsp3) is 0.583. The lowest BCUT2D eigenvalue weighted by atomic mass is 10.3. The van der Waals surface area contributed by atoms with E-state index in [4.69, 9.17) is 0 Å². The minimum Gasteiger partial charge on any atom is -0.390 e. The zero-order chi connectivity index (χ0) is 11.8. The Hall–Kier alpha value is -1.07. The number of aliphatic hydroxyl groups excluding tert-OH is 1. The molecule has 2 aromatic rings. The largest absolute Gasteiger partial charge is 0.390 e. The number of nitrogens with zero attached hydrogens (tertiary/aromatic N) is 3. The fourth-order valence-electron chi connectivity index (χ4n) is 2.20. The van der Waals surface area contributed by atoms with Crippen molar-refractivity contribution in [1.29, 1.82) is 0 Å². The maximum atomic E-state index is 9.53. The Morgan fingerprint density at radius 3 is 3.06 bits per heavy atom. The van der Waals surface area contributed by atoms with Gasteiger partial charge in [-0.1, -0.05) is 0 Å². The summed E-state index contributed by atoms with van der Waals surface area (Å²) in [6.45, 7) is 4.23. The molecule has 1 aliphatic rings. The monoisotopic (exact) mass is 251 g/mol. The lowest BCUT2D eigenvalue weighted by molar-refractivity contribution is 0.276. The van der Waals surface area contributed by atoms with Gasteiger partial charge in [-0.25, -0.2) is 4.98 Å². The molecule has 0 bridgehead atoms. The van der Waals surface area contributed by atoms with E-state index in [0.717, 1.165) is 35.5 Å². The van der Waals surface area contributed by atoms with Crippen LogP contribution >= 0.6 is 11.3 Å². The molecule has 92 valence electrons. The normalized spacial score (nSPS) is 15.6. The van der Waals surface area contributed by atoms with Gasteiger partial charge in [0.2, 0.25) is 0 Å². The first-order valence-electron chi connectivity index (χ1n) is 6.13. The fourth-order valence-corrected chi connectivity index (χ4v) is 2.93. The molecule has 1 N–H and O–H groups in total. The first kappa shape index (κ1) is 11.0. The minimum atomic E-state index is 0.0500. The quantitative estimate of drug-likeness (QED) is 0.885. The average molecular weight is 251 g/mol. The van der Waals surface area contributed by atoms with Crippen LogP contribution in [0.5, 0.6) is 0 Å². The maximum Gasteiger partial charge on any atom is 0.195 e. The second-order valence-corrected chi connectivity index (χ2v) is 5.45. The molecule has 0 spiro atoms. The third-order valence-electron chi connectivity index (χ3n) is 3.35. The van der Waals surface area contributed by atoms with Crippen LogP contribution in [0.1, 0.15) is 25.5 Å². The highest BCUT2D eigenvalue weighted by Crippen LogP contribution is 2.32. The van der Waals surface area contributed by atoms with Crippen LogP contribution in [-0.2, 0) is 6.61 Å². The molecule has 2 heterocycles. The molecule has 1 aliphatic carbocycles. The summed E-state index contributed by atoms with van der Waals surface area (Å²) in [6.07, 6.45) is 4.66. The van der Waals surface area contributed by atoms with Crippen molar-refractivity contribution in [3.05, 3.63) is 17.3 Å². The molecule has 0 aliphatic heterocycles. The molecule has 0 radical (unpaired) electrons. The van der Waals surface area contributed by atoms with Crippen molar-refractivity contribution in [2.24, 2.45) is 5.92 Å². The standard InChI is InChI=1S/C12H17N3OS/c1-2-14(7-9-3-4-9)11-10(8-16)15-5-6-17-12(15)13-11/h5-6,9,16H,2-4,7-8H2,1H3. The minimum absolute atomic E-state index is 0.0500. The van der Waals surface area contributed by atoms with E-state index >= 15 is 0 Å². The Morgan fingerprint density at radius 1 is 1.59 bits per heavy atom. The Morgan fingerprint density at radius 2 is 2.41 bits per heavy atom. The SMILES string of the molecule is CCN(CC1CC1)c1nc2sccn2c1CO. The summed E-state index contributed by atoms with van der Waals surface area (Å²) < 4.78 is 2.00. The van der Waals surface area contributed by atoms with E-state index in [1.165, 1.54) is 12.8 Å². The number of thiazole rings is 1. The highest BCUT2D eigenvalue weighted by molar-refractivity contribution is 7.15. The molecule has 2 aromatic heterocycles. The second kappa shape index (κ2) is 4.31. The summed E-state index contributed by atoms with van der Waals surface area (Å²) in [5, 5.41) is 11.5. The van der Waals surface area contributed by atoms with E-state index < -0.39 is 0 Å². The van der Waals surface area contributed by atoms with Gasteiger partial charge in [0, 0.05) is 24.7 Å². The molecule has 0 unspecified atom stereocenters. The van der Waals surface area contributed by atoms with Crippen molar-refractivity contribution in [3.63, 3.8) is 0 Å². The van der Waals surface area contributed by atoms with E-state index in [9.17, 15) is 5.11 Å². The van der Waals surface area contributed by atoms with Gasteiger partial charge in [0.25, 0.3) is 0 Å². The summed E-state index contributed by atoms with van der Waals surface area (Å²) in [4.78, 5) is 7.91. The molecule has 1 saturated carbocycles. The molecular formula is C12H17N3OS. The van der Waals surface area contributed by atoms with Crippen LogP contribution in [0, 0.1) is 5.92 Å². The molecule has 0 amide bonds. The van der Waals surface area contributed by atoms with E-state index in [2.05, 4.69) is 16.8 Å². The molecule has 4 nitrogen and oxygen atoms in total. The first-order chi connectivity index (χ1) is 8.33. The van der Waals surface area contributed by atoms with E-state index in [1.54, 1.807) is 11.3 Å². The van der Waals surface area contributed by atoms with Crippen molar-refractivity contribution in [3.8, 4) is 0 Å². The number of aromatic nitrogens is 2. The van der Waals surface area contributed by atoms with Crippen molar-refractivity contribution >= 4 is 22.1 Å². The smallest absolute Gasteiger partial charge is 0.195 e. The Balaban J connectivity index is 1.97. The number of rotatable bonds is 5. The van der Waals surface area contributed by atoms with Gasteiger partial charge in [-0.05, 0) is 25.7 Å². The average Bonchev–Trinajstić information content (AvgIpc) is 2.92. The number of aliphatic hydroxyl groups is 1. The van der Waals surface area contributed by atoms with Gasteiger partial charge in [-0.3, -0.25) is 4.40 Å². The van der Waals surface area contributed by atoms with Crippen LogP contribution in [0.3, 0.4) is 0 Å². The topological polar surface area (TPSA) is 40.8 Å². The zero-order valence-corrected chi connectivity index (χ0v) is 10.8. The molecule has 0 saturated heterocycles. The summed E-state index contributed by atoms with van der Waals surface area (Å²) in [6, 6.07) is 0. The predicted octanol–water partition coefficient (Wildman–Crippen LogP) is 2.12. The maximum absolute atomic E-state index is 9.53. The van der Waals surface area contributed by atoms with Crippen molar-refractivity contribution in [2.45, 2.75) is 26.4 Å². The van der Waals surface area contributed by atoms with Crippen LogP contribution in [0.15, 0.2) is 11.6 Å². The number of anilines is 1. The van der Waals surface area contributed by atoms with Crippen LogP contribution in [0.4, 0.5) is 5.82 Å². The predicted molar refractivity (Wildman–Crippen MR) is 69.6 cm³/mol. The van der Waals surface area contributed by atoms with E-state index in [0.29, 0.717) is 0 Å². The number of imidazole rings is 1. The van der Waals surface area contributed by atoms with E-state index in [1.807, 2.05) is 16.0 Å². The molecule has 5 heteroatoms. The van der Waals surface area contributed by atoms with Gasteiger partial charge in [0.05, 0.1) is 12.3 Å². The van der Waals surface area contributed by atoms with Crippen LogP contribution in [0.2, 0.25) is 0 Å². The third kappa shape index (κ3) is 1.93. The number of fused-ring (bicyclic) bond motifs is 1. The Kier molecular flexibility index (Phi) is 2.80. The summed E-state index contributed by atoms with van der Waals surface area (Å²) in [5.41, 5.74) is 0.920. The second-order valence-electron chi connectivity index (χ2n) is 4.58. The van der Waals surface area contributed by atoms with Crippen LogP contribution in [0.25, 0.3) is 4.96 Å². The van der Waals surface area contributed by atoms with E-state index in [-0.39, 0.29) is 6.61 Å². The van der Waals surface area contributed by atoms with Gasteiger partial charge in [0.15, 0.2) is 10.8 Å². The van der Waals surface area contributed by atoms with Gasteiger partial charge in [-0.2, -0.15) is 0 Å². The first-order valence-corrected chi connectivity index (χ1v) is 7.01. The summed E-state index contributed by atoms with van der Waals surface area (Å²) in [5.74, 6) is 1.80.